The quantitative estimate of drug-likeness (QED) is 0.0531. The van der Waals surface area contributed by atoms with Gasteiger partial charge in [0.2, 0.25) is 0 Å². The van der Waals surface area contributed by atoms with Gasteiger partial charge in [0, 0.05) is 7.26 Å². The number of carboxylic acid groups (broad SMARTS) is 1. The van der Waals surface area contributed by atoms with E-state index in [9.17, 15) is 9.90 Å². The van der Waals surface area contributed by atoms with Crippen molar-refractivity contribution >= 4 is 13.2 Å². The molecule has 2 nitrogen and oxygen atoms in total. The number of halogens is 1. The van der Waals surface area contributed by atoms with Gasteiger partial charge in [-0.05, 0) is 57.8 Å². The number of aliphatic carboxylic acids is 1. The van der Waals surface area contributed by atoms with Gasteiger partial charge in [-0.1, -0.05) is 156 Å². The molecule has 1 N–H and O–H groups in total. The fraction of sp³-hybridized carbons (Fsp3) is 0.974. The highest BCUT2D eigenvalue weighted by Gasteiger charge is 2.35. The van der Waals surface area contributed by atoms with Crippen molar-refractivity contribution in [2.45, 2.75) is 214 Å². The molecule has 43 heavy (non-hydrogen) atoms. The molecule has 0 fully saturated rings. The fourth-order valence-electron chi connectivity index (χ4n) is 6.94. The zero-order valence-corrected chi connectivity index (χ0v) is 32.6. The molecule has 0 bridgehead atoms. The van der Waals surface area contributed by atoms with Crippen LogP contribution in [-0.2, 0) is 4.79 Å². The molecular formula is C39H80BrO2P. The Morgan fingerprint density at radius 1 is 0.419 bits per heavy atom. The smallest absolute Gasteiger partial charge is 0.306 e. The van der Waals surface area contributed by atoms with Crippen LogP contribution in [0.3, 0.4) is 0 Å². The summed E-state index contributed by atoms with van der Waals surface area (Å²) in [5.41, 5.74) is 0. The Kier molecular flexibility index (Phi) is 37.3. The topological polar surface area (TPSA) is 37.3 Å². The summed E-state index contributed by atoms with van der Waals surface area (Å²) in [6, 6.07) is 0. The van der Waals surface area contributed by atoms with Gasteiger partial charge < -0.3 is 22.1 Å². The summed E-state index contributed by atoms with van der Waals surface area (Å²) in [6.07, 6.45) is 44.5. The molecular weight excluding hydrogens is 611 g/mol. The number of carboxylic acids is 1. The summed E-state index contributed by atoms with van der Waals surface area (Å²) >= 11 is 0. The number of carbonyl (C=O) groups is 1. The highest BCUT2D eigenvalue weighted by molar-refractivity contribution is 7.75. The molecule has 0 aromatic carbocycles. The van der Waals surface area contributed by atoms with Gasteiger partial charge in [-0.25, -0.2) is 0 Å². The molecule has 1 atom stereocenters. The van der Waals surface area contributed by atoms with E-state index >= 15 is 0 Å². The lowest BCUT2D eigenvalue weighted by Gasteiger charge is -2.29. The van der Waals surface area contributed by atoms with Gasteiger partial charge in [-0.3, -0.25) is 4.79 Å². The Hall–Kier alpha value is 0.380. The SMILES string of the molecule is CCCCCCCCCCCCCCCCC(CCC[P+](CCCCCC)(CCCCCC)CCCCCC)C(=O)O.[Br-]. The van der Waals surface area contributed by atoms with Crippen molar-refractivity contribution in [1.82, 2.24) is 0 Å². The van der Waals surface area contributed by atoms with E-state index in [4.69, 9.17) is 0 Å². The lowest BCUT2D eigenvalue weighted by Crippen LogP contribution is -3.00. The average molecular weight is 692 g/mol. The minimum Gasteiger partial charge on any atom is -1.00 e. The number of unbranched alkanes of at least 4 members (excludes halogenated alkanes) is 22. The Morgan fingerprint density at radius 3 is 1.00 bits per heavy atom. The van der Waals surface area contributed by atoms with E-state index in [1.165, 1.54) is 192 Å². The van der Waals surface area contributed by atoms with Crippen LogP contribution in [0, 0.1) is 5.92 Å². The molecule has 0 rings (SSSR count). The summed E-state index contributed by atoms with van der Waals surface area (Å²) in [5, 5.41) is 10.0. The van der Waals surface area contributed by atoms with Gasteiger partial charge in [0.1, 0.15) is 0 Å². The van der Waals surface area contributed by atoms with Crippen LogP contribution in [0.25, 0.3) is 0 Å². The van der Waals surface area contributed by atoms with Gasteiger partial charge in [0.25, 0.3) is 0 Å². The van der Waals surface area contributed by atoms with Crippen molar-refractivity contribution in [3.8, 4) is 0 Å². The molecule has 0 aromatic rings. The van der Waals surface area contributed by atoms with Crippen molar-refractivity contribution < 1.29 is 26.9 Å². The predicted molar refractivity (Wildman–Crippen MR) is 194 cm³/mol. The number of rotatable bonds is 35. The normalized spacial score (nSPS) is 12.4. The third kappa shape index (κ3) is 29.5. The van der Waals surface area contributed by atoms with Crippen LogP contribution in [-0.4, -0.2) is 35.7 Å². The predicted octanol–water partition coefficient (Wildman–Crippen LogP) is 11.1. The molecule has 0 amide bonds. The van der Waals surface area contributed by atoms with Gasteiger partial charge in [0.15, 0.2) is 0 Å². The van der Waals surface area contributed by atoms with Crippen LogP contribution in [0.2, 0.25) is 0 Å². The molecule has 1 unspecified atom stereocenters. The van der Waals surface area contributed by atoms with Gasteiger partial charge in [-0.2, -0.15) is 0 Å². The van der Waals surface area contributed by atoms with Crippen molar-refractivity contribution in [3.63, 3.8) is 0 Å². The molecule has 0 aliphatic carbocycles. The van der Waals surface area contributed by atoms with Crippen molar-refractivity contribution in [2.75, 3.05) is 24.6 Å². The Bertz CT molecular complexity index is 524. The first-order valence-electron chi connectivity index (χ1n) is 19.6. The lowest BCUT2D eigenvalue weighted by molar-refractivity contribution is -0.142. The van der Waals surface area contributed by atoms with E-state index in [0.29, 0.717) is 0 Å². The second kappa shape index (κ2) is 35.2. The molecule has 0 aliphatic heterocycles. The maximum atomic E-state index is 12.2. The van der Waals surface area contributed by atoms with E-state index in [1.54, 1.807) is 0 Å². The summed E-state index contributed by atoms with van der Waals surface area (Å²) in [7, 11) is -0.958. The fourth-order valence-corrected chi connectivity index (χ4v) is 11.8. The zero-order valence-electron chi connectivity index (χ0n) is 30.1. The minimum atomic E-state index is -0.958. The van der Waals surface area contributed by atoms with E-state index in [2.05, 4.69) is 27.7 Å². The Balaban J connectivity index is 0. The maximum Gasteiger partial charge on any atom is 0.306 e. The standard InChI is InChI=1S/C39H79O2P.BrH/c1-5-9-13-17-18-19-20-21-22-23-24-25-26-27-32-38(39(40)41)33-31-37-42(34-28-14-10-6-2,35-29-15-11-7-3)36-30-16-12-8-4;/h38H,5-37H2,1-4H3;1H. The first-order valence-corrected chi connectivity index (χ1v) is 22.2. The lowest BCUT2D eigenvalue weighted by atomic mass is 9.96. The van der Waals surface area contributed by atoms with Crippen LogP contribution in [0.15, 0.2) is 0 Å². The highest BCUT2D eigenvalue weighted by Crippen LogP contribution is 2.61. The molecule has 0 saturated heterocycles. The Morgan fingerprint density at radius 2 is 0.674 bits per heavy atom. The van der Waals surface area contributed by atoms with Crippen LogP contribution >= 0.6 is 7.26 Å². The van der Waals surface area contributed by atoms with Crippen molar-refractivity contribution in [2.24, 2.45) is 5.92 Å². The molecule has 0 spiro atoms. The van der Waals surface area contributed by atoms with Gasteiger partial charge >= 0.3 is 5.97 Å². The van der Waals surface area contributed by atoms with Crippen LogP contribution in [0.5, 0.6) is 0 Å². The molecule has 4 heteroatoms. The average Bonchev–Trinajstić information content (AvgIpc) is 2.98. The van der Waals surface area contributed by atoms with E-state index < -0.39 is 13.2 Å². The maximum absolute atomic E-state index is 12.2. The monoisotopic (exact) mass is 691 g/mol. The summed E-state index contributed by atoms with van der Waals surface area (Å²) < 4.78 is 0. The van der Waals surface area contributed by atoms with Crippen LogP contribution in [0.4, 0.5) is 0 Å². The number of hydrogen-bond donors (Lipinski definition) is 1. The first kappa shape index (κ1) is 45.5. The van der Waals surface area contributed by atoms with Crippen molar-refractivity contribution in [3.05, 3.63) is 0 Å². The third-order valence-electron chi connectivity index (χ3n) is 9.90. The van der Waals surface area contributed by atoms with Crippen LogP contribution < -0.4 is 17.0 Å². The highest BCUT2D eigenvalue weighted by atomic mass is 79.9. The molecule has 0 saturated carbocycles. The summed E-state index contributed by atoms with van der Waals surface area (Å²) in [5.74, 6) is -0.632. The van der Waals surface area contributed by atoms with E-state index in [-0.39, 0.29) is 22.9 Å². The van der Waals surface area contributed by atoms with Crippen LogP contribution in [0.1, 0.15) is 214 Å². The second-order valence-corrected chi connectivity index (χ2v) is 18.5. The molecule has 0 aliphatic rings. The molecule has 0 radical (unpaired) electrons. The Labute approximate surface area is 283 Å². The molecule has 0 heterocycles. The summed E-state index contributed by atoms with van der Waals surface area (Å²) in [6.45, 7) is 9.25. The number of hydrogen-bond acceptors (Lipinski definition) is 1. The first-order chi connectivity index (χ1) is 20.5. The van der Waals surface area contributed by atoms with E-state index in [1.807, 2.05) is 0 Å². The largest absolute Gasteiger partial charge is 1.00 e. The van der Waals surface area contributed by atoms with Gasteiger partial charge in [0.05, 0.1) is 30.6 Å². The minimum absolute atomic E-state index is 0. The van der Waals surface area contributed by atoms with E-state index in [0.717, 1.165) is 19.3 Å². The van der Waals surface area contributed by atoms with Crippen molar-refractivity contribution in [1.29, 1.82) is 0 Å². The zero-order chi connectivity index (χ0) is 31.0. The molecule has 260 valence electrons. The molecule has 0 aromatic heterocycles. The van der Waals surface area contributed by atoms with Gasteiger partial charge in [-0.15, -0.1) is 0 Å². The second-order valence-electron chi connectivity index (χ2n) is 14.0. The third-order valence-corrected chi connectivity index (χ3v) is 15.0. The summed E-state index contributed by atoms with van der Waals surface area (Å²) in [4.78, 5) is 12.2.